The van der Waals surface area contributed by atoms with Gasteiger partial charge < -0.3 is 57.0 Å². The lowest BCUT2D eigenvalue weighted by molar-refractivity contribution is -0.159. The second-order valence-electron chi connectivity index (χ2n) is 19.1. The average Bonchev–Trinajstić information content (AvgIpc) is 3.36. The third kappa shape index (κ3) is 19.5. The summed E-state index contributed by atoms with van der Waals surface area (Å²) in [4.78, 5) is 105. The summed E-state index contributed by atoms with van der Waals surface area (Å²) in [6, 6.07) is 29.4. The van der Waals surface area contributed by atoms with Crippen LogP contribution in [0.25, 0.3) is 0 Å². The Bertz CT molecular complexity index is 2370. The Morgan fingerprint density at radius 2 is 1.19 bits per heavy atom. The van der Waals surface area contributed by atoms with E-state index in [1.165, 1.54) is 0 Å². The summed E-state index contributed by atoms with van der Waals surface area (Å²) in [6.07, 6.45) is -0.0102. The number of aliphatic hydroxyl groups excluding tert-OH is 1. The van der Waals surface area contributed by atoms with Crippen LogP contribution in [0.2, 0.25) is 0 Å². The fourth-order valence-electron chi connectivity index (χ4n) is 7.73. The highest BCUT2D eigenvalue weighted by atomic mass is 16.6. The molecule has 0 saturated heterocycles. The van der Waals surface area contributed by atoms with Gasteiger partial charge in [0.25, 0.3) is 0 Å². The number of alkyl carbamates (subject to hydrolysis) is 1. The van der Waals surface area contributed by atoms with Gasteiger partial charge in [-0.3, -0.25) is 28.8 Å². The summed E-state index contributed by atoms with van der Waals surface area (Å²) in [6.45, 7) is 8.88. The third-order valence-corrected chi connectivity index (χ3v) is 11.3. The van der Waals surface area contributed by atoms with Gasteiger partial charge in [-0.05, 0) is 93.2 Å². The molecule has 74 heavy (non-hydrogen) atoms. The van der Waals surface area contributed by atoms with Gasteiger partial charge >= 0.3 is 18.0 Å². The molecule has 4 aromatic carbocycles. The number of rotatable bonds is 27. The third-order valence-electron chi connectivity index (χ3n) is 11.3. The number of nitrogens with two attached hydrogens (primary N) is 1. The van der Waals surface area contributed by atoms with Gasteiger partial charge in [0.2, 0.25) is 29.5 Å². The van der Waals surface area contributed by atoms with Crippen LogP contribution in [0.15, 0.2) is 115 Å². The lowest BCUT2D eigenvalue weighted by atomic mass is 9.80. The van der Waals surface area contributed by atoms with E-state index in [1.54, 1.807) is 45.0 Å². The molecule has 0 fully saturated rings. The number of amides is 6. The van der Waals surface area contributed by atoms with Crippen LogP contribution in [0.1, 0.15) is 102 Å². The maximum Gasteiger partial charge on any atom is 0.407 e. The molecule has 0 radical (unpaired) electrons. The van der Waals surface area contributed by atoms with Crippen LogP contribution in [-0.4, -0.2) is 102 Å². The molecule has 0 spiro atoms. The Balaban J connectivity index is 1.61. The van der Waals surface area contributed by atoms with Crippen LogP contribution in [0.5, 0.6) is 0 Å². The standard InChI is InChI=1S/C55H71N7O12/c1-36(2)32-45(61-47(65)30-29-43(56)52(70)73-37(3)64)51(69)62-46(35-72-55(39-18-10-7-11-19-39,40-20-12-8-13-21-40)41-22-14-9-15-23-41)49(67)58-33-48(66)60-44(24-16-17-31-57-53(71)74-54(4,5)6)50(68)59-42-27-25-38(34-63)26-28-42/h7-15,18-23,25-28,36,43-46,63H,16-17,24,29-35,56H2,1-6H3,(H,57,71)(H,58,67)(H,59,68)(H,60,66)(H,61,65)(H,62,69)/t43-,44-,45-,46-/m0/s1. The van der Waals surface area contributed by atoms with Crippen LogP contribution in [-0.2, 0) is 60.0 Å². The van der Waals surface area contributed by atoms with Crippen molar-refractivity contribution in [3.63, 3.8) is 0 Å². The number of anilines is 1. The van der Waals surface area contributed by atoms with Crippen LogP contribution in [0.3, 0.4) is 0 Å². The van der Waals surface area contributed by atoms with Gasteiger partial charge in [0.05, 0.1) is 19.8 Å². The van der Waals surface area contributed by atoms with Crippen molar-refractivity contribution in [1.82, 2.24) is 26.6 Å². The first-order valence-electron chi connectivity index (χ1n) is 24.6. The van der Waals surface area contributed by atoms with Crippen molar-refractivity contribution >= 4 is 53.3 Å². The fraction of sp³-hybridized carbons (Fsp3) is 0.418. The predicted octanol–water partition coefficient (Wildman–Crippen LogP) is 4.64. The molecule has 0 unspecified atom stereocenters. The number of hydrogen-bond donors (Lipinski definition) is 8. The van der Waals surface area contributed by atoms with E-state index in [4.69, 9.17) is 15.2 Å². The van der Waals surface area contributed by atoms with Crippen molar-refractivity contribution in [2.45, 2.75) is 122 Å². The summed E-state index contributed by atoms with van der Waals surface area (Å²) in [5, 5.41) is 25.7. The highest BCUT2D eigenvalue weighted by molar-refractivity contribution is 5.98. The molecule has 0 bridgehead atoms. The molecule has 9 N–H and O–H groups in total. The highest BCUT2D eigenvalue weighted by Gasteiger charge is 2.40. The number of hydrogen-bond acceptors (Lipinski definition) is 13. The molecule has 0 saturated carbocycles. The smallest absolute Gasteiger partial charge is 0.407 e. The molecule has 398 valence electrons. The summed E-state index contributed by atoms with van der Waals surface area (Å²) in [5.74, 6) is -5.52. The van der Waals surface area contributed by atoms with Crippen LogP contribution in [0, 0.1) is 5.92 Å². The van der Waals surface area contributed by atoms with Crippen molar-refractivity contribution in [1.29, 1.82) is 0 Å². The summed E-state index contributed by atoms with van der Waals surface area (Å²) >= 11 is 0. The van der Waals surface area contributed by atoms with E-state index in [1.807, 2.05) is 105 Å². The Morgan fingerprint density at radius 3 is 1.70 bits per heavy atom. The number of ether oxygens (including phenoxy) is 3. The van der Waals surface area contributed by atoms with Crippen molar-refractivity contribution in [2.24, 2.45) is 11.7 Å². The molecule has 6 amide bonds. The molecule has 4 rings (SSSR count). The molecule has 0 aliphatic heterocycles. The first-order valence-corrected chi connectivity index (χ1v) is 24.6. The van der Waals surface area contributed by atoms with E-state index in [2.05, 4.69) is 36.6 Å². The minimum atomic E-state index is -1.49. The zero-order chi connectivity index (χ0) is 54.3. The zero-order valence-corrected chi connectivity index (χ0v) is 42.9. The monoisotopic (exact) mass is 1020 g/mol. The molecule has 4 atom stereocenters. The van der Waals surface area contributed by atoms with Gasteiger partial charge in [-0.1, -0.05) is 117 Å². The first-order chi connectivity index (χ1) is 35.2. The molecule has 0 heterocycles. The molecule has 0 aliphatic rings. The van der Waals surface area contributed by atoms with Gasteiger partial charge in [0.15, 0.2) is 0 Å². The number of esters is 2. The molecule has 19 heteroatoms. The molecular weight excluding hydrogens is 951 g/mol. The average molecular weight is 1020 g/mol. The van der Waals surface area contributed by atoms with E-state index in [0.717, 1.165) is 6.92 Å². The predicted molar refractivity (Wildman–Crippen MR) is 276 cm³/mol. The topological polar surface area (TPSA) is 283 Å². The zero-order valence-electron chi connectivity index (χ0n) is 42.9. The van der Waals surface area contributed by atoms with E-state index in [0.29, 0.717) is 40.8 Å². The van der Waals surface area contributed by atoms with E-state index < -0.39 is 96.1 Å². The van der Waals surface area contributed by atoms with Gasteiger partial charge in [0.1, 0.15) is 35.4 Å². The molecule has 19 nitrogen and oxygen atoms in total. The van der Waals surface area contributed by atoms with E-state index in [9.17, 15) is 43.5 Å². The quantitative estimate of drug-likeness (QED) is 0.0175. The Labute approximate surface area is 432 Å². The van der Waals surface area contributed by atoms with Crippen LogP contribution >= 0.6 is 0 Å². The molecule has 0 aromatic heterocycles. The maximum atomic E-state index is 14.5. The Hall–Kier alpha value is -7.48. The second kappa shape index (κ2) is 29.3. The van der Waals surface area contributed by atoms with E-state index >= 15 is 0 Å². The first kappa shape index (κ1) is 59.1. The number of benzene rings is 4. The van der Waals surface area contributed by atoms with Gasteiger partial charge in [0, 0.05) is 25.6 Å². The normalized spacial score (nSPS) is 13.0. The van der Waals surface area contributed by atoms with E-state index in [-0.39, 0.29) is 44.8 Å². The lowest BCUT2D eigenvalue weighted by Crippen LogP contribution is -2.57. The molecule has 0 aliphatic carbocycles. The summed E-state index contributed by atoms with van der Waals surface area (Å²) < 4.78 is 16.8. The van der Waals surface area contributed by atoms with Crippen molar-refractivity contribution in [3.05, 3.63) is 138 Å². The number of carbonyl (C=O) groups is 8. The minimum Gasteiger partial charge on any atom is -0.444 e. The number of nitrogens with one attached hydrogen (secondary N) is 6. The Morgan fingerprint density at radius 1 is 0.635 bits per heavy atom. The van der Waals surface area contributed by atoms with Gasteiger partial charge in [-0.25, -0.2) is 9.59 Å². The molecule has 4 aromatic rings. The maximum absolute atomic E-state index is 14.5. The van der Waals surface area contributed by atoms with Crippen molar-refractivity contribution in [2.75, 3.05) is 25.0 Å². The minimum absolute atomic E-state index is 0.127. The SMILES string of the molecule is CC(=O)OC(=O)[C@@H](N)CCC(=O)N[C@@H](CC(C)C)C(=O)N[C@@H](COC(c1ccccc1)(c1ccccc1)c1ccccc1)C(=O)NCC(=O)N[C@@H](CCCCNC(=O)OC(C)(C)C)C(=O)Nc1ccc(CO)cc1. The summed E-state index contributed by atoms with van der Waals surface area (Å²) in [5.41, 5.74) is 6.95. The molecular formula is C55H71N7O12. The number of unbranched alkanes of at least 4 members (excludes halogenated alkanes) is 1. The largest absolute Gasteiger partial charge is 0.444 e. The summed E-state index contributed by atoms with van der Waals surface area (Å²) in [7, 11) is 0. The van der Waals surface area contributed by atoms with Crippen LogP contribution in [0.4, 0.5) is 10.5 Å². The van der Waals surface area contributed by atoms with Gasteiger partial charge in [-0.15, -0.1) is 0 Å². The number of carbonyl (C=O) groups excluding carboxylic acids is 8. The second-order valence-corrected chi connectivity index (χ2v) is 19.1. The van der Waals surface area contributed by atoms with Crippen molar-refractivity contribution < 1.29 is 57.7 Å². The number of aliphatic hydroxyl groups is 1. The van der Waals surface area contributed by atoms with Crippen molar-refractivity contribution in [3.8, 4) is 0 Å². The fourth-order valence-corrected chi connectivity index (χ4v) is 7.73. The highest BCUT2D eigenvalue weighted by Crippen LogP contribution is 2.40. The van der Waals surface area contributed by atoms with Gasteiger partial charge in [-0.2, -0.15) is 0 Å². The Kier molecular flexibility index (Phi) is 23.4. The van der Waals surface area contributed by atoms with Crippen LogP contribution < -0.4 is 37.6 Å². The lowest BCUT2D eigenvalue weighted by Gasteiger charge is -2.37.